The molecule has 1 aromatic carbocycles. The lowest BCUT2D eigenvalue weighted by Gasteiger charge is -2.45. The van der Waals surface area contributed by atoms with Gasteiger partial charge in [0.1, 0.15) is 12.4 Å². The highest BCUT2D eigenvalue weighted by Gasteiger charge is 2.37. The van der Waals surface area contributed by atoms with Crippen molar-refractivity contribution in [2.24, 2.45) is 5.41 Å². The molecular formula is C29H41N3O2. The Hall–Kier alpha value is -2.40. The Morgan fingerprint density at radius 1 is 1.03 bits per heavy atom. The van der Waals surface area contributed by atoms with Gasteiger partial charge in [0.15, 0.2) is 0 Å². The fourth-order valence-corrected chi connectivity index (χ4v) is 5.56. The number of carbonyl (C=O) groups is 1. The molecule has 5 heteroatoms. The molecule has 1 spiro atoms. The minimum atomic E-state index is 0.217. The fourth-order valence-electron chi connectivity index (χ4n) is 5.56. The number of fused-ring (bicyclic) bond motifs is 1. The molecule has 2 aromatic rings. The van der Waals surface area contributed by atoms with Gasteiger partial charge < -0.3 is 9.64 Å². The lowest BCUT2D eigenvalue weighted by Crippen LogP contribution is -2.49. The molecule has 1 aromatic heterocycles. The third-order valence-electron chi connectivity index (χ3n) is 7.66. The maximum atomic E-state index is 12.9. The number of ether oxygens (including phenoxy) is 1. The Balaban J connectivity index is 1.41. The molecule has 0 N–H and O–H groups in total. The van der Waals surface area contributed by atoms with Gasteiger partial charge in [-0.1, -0.05) is 44.0 Å². The summed E-state index contributed by atoms with van der Waals surface area (Å²) in [6, 6.07) is 14.4. The van der Waals surface area contributed by atoms with Gasteiger partial charge in [0, 0.05) is 38.1 Å². The molecule has 1 saturated heterocycles. The zero-order valence-electron chi connectivity index (χ0n) is 20.9. The van der Waals surface area contributed by atoms with Crippen LogP contribution in [0.2, 0.25) is 0 Å². The van der Waals surface area contributed by atoms with Crippen LogP contribution in [0.1, 0.15) is 63.1 Å². The van der Waals surface area contributed by atoms with Crippen LogP contribution in [0.5, 0.6) is 5.75 Å². The lowest BCUT2D eigenvalue weighted by atomic mass is 9.73. The lowest BCUT2D eigenvalue weighted by molar-refractivity contribution is -0.133. The highest BCUT2D eigenvalue weighted by molar-refractivity contribution is 5.78. The largest absolute Gasteiger partial charge is 0.492 e. The molecule has 1 fully saturated rings. The van der Waals surface area contributed by atoms with Gasteiger partial charge in [-0.2, -0.15) is 0 Å². The van der Waals surface area contributed by atoms with Gasteiger partial charge in [0.2, 0.25) is 5.91 Å². The standard InChI is InChI=1S/C29H41N3O2/c1-2-3-18-31-21-22-34-27-13-5-4-10-25(27)11-6-8-14-29(24-31)15-19-32(20-16-29)28(33)23-26-12-7-9-17-30-26/h4-5,7,9-10,12-13,17H,2-3,6,8,11,14-16,18-24H2,1H3. The number of unbranched alkanes of at least 4 members (excludes halogenated alkanes) is 1. The SMILES string of the molecule is CCCCN1CCOc2ccccc2CCCCC2(CCN(C(=O)Cc3ccccn3)CC2)C1. The average molecular weight is 464 g/mol. The summed E-state index contributed by atoms with van der Waals surface area (Å²) in [5.41, 5.74) is 2.51. The van der Waals surface area contributed by atoms with E-state index in [2.05, 4.69) is 46.0 Å². The first kappa shape index (κ1) is 24.7. The molecule has 0 unspecified atom stereocenters. The molecule has 3 heterocycles. The first-order chi connectivity index (χ1) is 16.7. The van der Waals surface area contributed by atoms with E-state index in [-0.39, 0.29) is 5.91 Å². The van der Waals surface area contributed by atoms with E-state index in [1.807, 2.05) is 18.2 Å². The van der Waals surface area contributed by atoms with Crippen LogP contribution in [-0.4, -0.2) is 60.0 Å². The molecule has 5 nitrogen and oxygen atoms in total. The number of hydrogen-bond donors (Lipinski definition) is 0. The van der Waals surface area contributed by atoms with Crippen LogP contribution < -0.4 is 4.74 Å². The molecule has 34 heavy (non-hydrogen) atoms. The van der Waals surface area contributed by atoms with Crippen LogP contribution in [0.4, 0.5) is 0 Å². The molecule has 0 atom stereocenters. The van der Waals surface area contributed by atoms with Gasteiger partial charge in [-0.05, 0) is 74.2 Å². The Morgan fingerprint density at radius 2 is 1.85 bits per heavy atom. The number of nitrogens with zero attached hydrogens (tertiary/aromatic N) is 3. The highest BCUT2D eigenvalue weighted by Crippen LogP contribution is 2.38. The summed E-state index contributed by atoms with van der Waals surface area (Å²) >= 11 is 0. The Kier molecular flexibility index (Phi) is 8.97. The quantitative estimate of drug-likeness (QED) is 0.616. The molecule has 1 amide bonds. The number of aryl methyl sites for hydroxylation is 1. The van der Waals surface area contributed by atoms with E-state index in [0.29, 0.717) is 11.8 Å². The smallest absolute Gasteiger partial charge is 0.228 e. The molecular weight excluding hydrogens is 422 g/mol. The van der Waals surface area contributed by atoms with E-state index in [9.17, 15) is 4.79 Å². The molecule has 0 radical (unpaired) electrons. The Labute approximate surface area is 205 Å². The molecule has 0 aliphatic carbocycles. The van der Waals surface area contributed by atoms with Crippen molar-refractivity contribution in [1.29, 1.82) is 0 Å². The molecule has 2 aliphatic rings. The topological polar surface area (TPSA) is 45.7 Å². The minimum absolute atomic E-state index is 0.217. The molecule has 0 bridgehead atoms. The van der Waals surface area contributed by atoms with Gasteiger partial charge in [0.25, 0.3) is 0 Å². The zero-order valence-corrected chi connectivity index (χ0v) is 20.9. The first-order valence-electron chi connectivity index (χ1n) is 13.3. The summed E-state index contributed by atoms with van der Waals surface area (Å²) in [5, 5.41) is 0. The van der Waals surface area contributed by atoms with Crippen molar-refractivity contribution in [3.05, 3.63) is 59.9 Å². The fraction of sp³-hybridized carbons (Fsp3) is 0.586. The van der Waals surface area contributed by atoms with E-state index >= 15 is 0 Å². The number of para-hydroxylation sites is 1. The Bertz CT molecular complexity index is 893. The van der Waals surface area contributed by atoms with Crippen molar-refractivity contribution < 1.29 is 9.53 Å². The van der Waals surface area contributed by atoms with Crippen molar-refractivity contribution in [3.63, 3.8) is 0 Å². The van der Waals surface area contributed by atoms with Crippen LogP contribution >= 0.6 is 0 Å². The maximum absolute atomic E-state index is 12.9. The number of hydrogen-bond acceptors (Lipinski definition) is 4. The summed E-state index contributed by atoms with van der Waals surface area (Å²) in [6.07, 6.45) is 11.6. The van der Waals surface area contributed by atoms with Crippen molar-refractivity contribution in [2.45, 2.75) is 64.7 Å². The van der Waals surface area contributed by atoms with E-state index in [1.165, 1.54) is 37.7 Å². The average Bonchev–Trinajstić information content (AvgIpc) is 2.86. The third kappa shape index (κ3) is 6.82. The summed E-state index contributed by atoms with van der Waals surface area (Å²) in [4.78, 5) is 22.0. The van der Waals surface area contributed by atoms with Crippen LogP contribution in [0.25, 0.3) is 0 Å². The van der Waals surface area contributed by atoms with Gasteiger partial charge in [-0.3, -0.25) is 14.7 Å². The maximum Gasteiger partial charge on any atom is 0.228 e. The van der Waals surface area contributed by atoms with Crippen molar-refractivity contribution in [3.8, 4) is 5.75 Å². The summed E-state index contributed by atoms with van der Waals surface area (Å²) in [7, 11) is 0. The van der Waals surface area contributed by atoms with E-state index in [4.69, 9.17) is 4.74 Å². The normalized spacial score (nSPS) is 19.5. The minimum Gasteiger partial charge on any atom is -0.492 e. The van der Waals surface area contributed by atoms with E-state index in [1.54, 1.807) is 6.20 Å². The number of aromatic nitrogens is 1. The van der Waals surface area contributed by atoms with E-state index in [0.717, 1.165) is 70.0 Å². The van der Waals surface area contributed by atoms with Crippen molar-refractivity contribution >= 4 is 5.91 Å². The second-order valence-corrected chi connectivity index (χ2v) is 10.2. The van der Waals surface area contributed by atoms with Crippen LogP contribution in [0.3, 0.4) is 0 Å². The number of rotatable bonds is 5. The number of pyridine rings is 1. The van der Waals surface area contributed by atoms with Gasteiger partial charge in [0.05, 0.1) is 6.42 Å². The predicted octanol–water partition coefficient (Wildman–Crippen LogP) is 5.14. The first-order valence-corrected chi connectivity index (χ1v) is 13.3. The van der Waals surface area contributed by atoms with Crippen LogP contribution in [0.15, 0.2) is 48.7 Å². The number of likely N-dealkylation sites (tertiary alicyclic amines) is 1. The Morgan fingerprint density at radius 3 is 2.65 bits per heavy atom. The van der Waals surface area contributed by atoms with Crippen LogP contribution in [0, 0.1) is 5.41 Å². The molecule has 184 valence electrons. The summed E-state index contributed by atoms with van der Waals surface area (Å²) < 4.78 is 6.25. The number of benzene rings is 1. The van der Waals surface area contributed by atoms with Crippen molar-refractivity contribution in [1.82, 2.24) is 14.8 Å². The number of piperidine rings is 1. The second kappa shape index (κ2) is 12.3. The number of amides is 1. The van der Waals surface area contributed by atoms with Gasteiger partial charge >= 0.3 is 0 Å². The highest BCUT2D eigenvalue weighted by atomic mass is 16.5. The predicted molar refractivity (Wildman–Crippen MR) is 137 cm³/mol. The van der Waals surface area contributed by atoms with Gasteiger partial charge in [-0.15, -0.1) is 0 Å². The summed E-state index contributed by atoms with van der Waals surface area (Å²) in [6.45, 7) is 7.97. The van der Waals surface area contributed by atoms with Crippen LogP contribution in [-0.2, 0) is 17.6 Å². The molecule has 2 aliphatic heterocycles. The van der Waals surface area contributed by atoms with Gasteiger partial charge in [-0.25, -0.2) is 0 Å². The van der Waals surface area contributed by atoms with E-state index < -0.39 is 0 Å². The third-order valence-corrected chi connectivity index (χ3v) is 7.66. The molecule has 0 saturated carbocycles. The van der Waals surface area contributed by atoms with Crippen molar-refractivity contribution in [2.75, 3.05) is 39.3 Å². The zero-order chi connectivity index (χ0) is 23.6. The summed E-state index contributed by atoms with van der Waals surface area (Å²) in [5.74, 6) is 1.28. The monoisotopic (exact) mass is 463 g/mol. The second-order valence-electron chi connectivity index (χ2n) is 10.2. The number of carbonyl (C=O) groups excluding carboxylic acids is 1. The molecule has 4 rings (SSSR count).